The molecule has 13 heteroatoms. The van der Waals surface area contributed by atoms with Crippen LogP contribution in [0.25, 0.3) is 11.4 Å². The number of hydrogen-bond acceptors (Lipinski definition) is 6. The Hall–Kier alpha value is -4.78. The molecular formula is C27H19F6N5O2. The zero-order chi connectivity index (χ0) is 29.0. The Balaban J connectivity index is 1.76. The van der Waals surface area contributed by atoms with Crippen LogP contribution in [0.5, 0.6) is 0 Å². The number of nitrogens with one attached hydrogen (secondary N) is 3. The first-order valence-corrected chi connectivity index (χ1v) is 11.5. The largest absolute Gasteiger partial charge is 0.417 e. The van der Waals surface area contributed by atoms with Crippen molar-refractivity contribution in [2.45, 2.75) is 18.7 Å². The number of aliphatic hydroxyl groups is 1. The topological polar surface area (TPSA) is 111 Å². The Bertz CT molecular complexity index is 1520. The second-order valence-electron chi connectivity index (χ2n) is 8.35. The maximum atomic E-state index is 14.9. The van der Waals surface area contributed by atoms with Crippen molar-refractivity contribution in [3.05, 3.63) is 113 Å². The predicted molar refractivity (Wildman–Crippen MR) is 134 cm³/mol. The molecule has 1 aliphatic carbocycles. The smallest absolute Gasteiger partial charge is 0.382 e. The summed E-state index contributed by atoms with van der Waals surface area (Å²) < 4.78 is 81.9. The molecule has 1 unspecified atom stereocenters. The number of aliphatic hydroxyl groups excluding tert-OH is 1. The molecule has 2 aromatic carbocycles. The minimum Gasteiger partial charge on any atom is -0.382 e. The molecule has 0 fully saturated rings. The summed E-state index contributed by atoms with van der Waals surface area (Å²) in [5.74, 6) is -3.25. The van der Waals surface area contributed by atoms with Gasteiger partial charge in [0.25, 0.3) is 12.3 Å². The zero-order valence-electron chi connectivity index (χ0n) is 20.2. The van der Waals surface area contributed by atoms with Crippen LogP contribution in [0.15, 0.2) is 96.1 Å². The third-order valence-corrected chi connectivity index (χ3v) is 5.64. The van der Waals surface area contributed by atoms with E-state index in [-0.39, 0.29) is 28.7 Å². The van der Waals surface area contributed by atoms with Crippen molar-refractivity contribution >= 4 is 17.3 Å². The molecule has 0 saturated heterocycles. The van der Waals surface area contributed by atoms with Gasteiger partial charge in [0.15, 0.2) is 5.82 Å². The Morgan fingerprint density at radius 2 is 1.68 bits per heavy atom. The van der Waals surface area contributed by atoms with Gasteiger partial charge in [0.2, 0.25) is 0 Å². The Kier molecular flexibility index (Phi) is 8.14. The summed E-state index contributed by atoms with van der Waals surface area (Å²) >= 11 is 0. The highest BCUT2D eigenvalue weighted by atomic mass is 19.4. The van der Waals surface area contributed by atoms with Crippen molar-refractivity contribution in [2.75, 3.05) is 5.32 Å². The standard InChI is InChI=1S/C27H19F6N5O2/c28-20-13-19(27(31,32)33)17(24-35-9-4-10-36-24)12-18(20)26(40)38-25(37-15-5-2-1-3-6-15)16-8-7-14(11-21(16)34)22(39)23(29)30/h1-13,22-23,34,37,39H,(H,38,40)/b25-16+,34-21?. The highest BCUT2D eigenvalue weighted by Gasteiger charge is 2.36. The summed E-state index contributed by atoms with van der Waals surface area (Å²) in [6, 6.07) is 10.4. The van der Waals surface area contributed by atoms with E-state index in [4.69, 9.17) is 5.41 Å². The molecule has 4 N–H and O–H groups in total. The van der Waals surface area contributed by atoms with Crippen molar-refractivity contribution in [3.63, 3.8) is 0 Å². The van der Waals surface area contributed by atoms with E-state index in [0.717, 1.165) is 12.2 Å². The number of aromatic nitrogens is 2. The molecule has 1 aliphatic rings. The SMILES string of the molecule is N=C1C=C(C(O)C(F)F)C=C/C1=C(\NC(=O)c1cc(-c2ncccn2)c(C(F)(F)F)cc1F)Nc1ccccc1. The fraction of sp³-hybridized carbons (Fsp3) is 0.111. The van der Waals surface area contributed by atoms with Gasteiger partial charge in [-0.25, -0.2) is 23.1 Å². The first-order chi connectivity index (χ1) is 19.0. The van der Waals surface area contributed by atoms with Gasteiger partial charge in [0.05, 0.1) is 16.8 Å². The first kappa shape index (κ1) is 28.2. The minimum atomic E-state index is -4.98. The van der Waals surface area contributed by atoms with Crippen LogP contribution in [-0.2, 0) is 6.18 Å². The quantitative estimate of drug-likeness (QED) is 0.286. The molecule has 40 heavy (non-hydrogen) atoms. The highest BCUT2D eigenvalue weighted by Crippen LogP contribution is 2.37. The third-order valence-electron chi connectivity index (χ3n) is 5.64. The monoisotopic (exact) mass is 559 g/mol. The molecule has 7 nitrogen and oxygen atoms in total. The number of nitrogens with zero attached hydrogens (tertiary/aromatic N) is 2. The van der Waals surface area contributed by atoms with E-state index < -0.39 is 52.9 Å². The van der Waals surface area contributed by atoms with Crippen LogP contribution in [0.3, 0.4) is 0 Å². The molecule has 0 spiro atoms. The zero-order valence-corrected chi connectivity index (χ0v) is 20.2. The summed E-state index contributed by atoms with van der Waals surface area (Å²) in [4.78, 5) is 20.8. The molecule has 206 valence electrons. The molecule has 1 heterocycles. The molecule has 1 aromatic heterocycles. The Morgan fingerprint density at radius 3 is 2.27 bits per heavy atom. The first-order valence-electron chi connectivity index (χ1n) is 11.5. The molecule has 0 saturated carbocycles. The molecule has 0 aliphatic heterocycles. The molecule has 0 bridgehead atoms. The van der Waals surface area contributed by atoms with Crippen LogP contribution in [0.4, 0.5) is 32.0 Å². The van der Waals surface area contributed by atoms with E-state index in [0.29, 0.717) is 11.8 Å². The Labute approximate surface area is 223 Å². The number of hydrogen-bond donors (Lipinski definition) is 4. The number of halogens is 6. The van der Waals surface area contributed by atoms with Crippen LogP contribution >= 0.6 is 0 Å². The van der Waals surface area contributed by atoms with Crippen LogP contribution in [0.1, 0.15) is 15.9 Å². The van der Waals surface area contributed by atoms with Gasteiger partial charge in [-0.2, -0.15) is 13.2 Å². The maximum Gasteiger partial charge on any atom is 0.417 e. The van der Waals surface area contributed by atoms with Gasteiger partial charge in [0, 0.05) is 29.2 Å². The molecule has 0 radical (unpaired) electrons. The van der Waals surface area contributed by atoms with E-state index >= 15 is 0 Å². The number of alkyl halides is 5. The van der Waals surface area contributed by atoms with Gasteiger partial charge >= 0.3 is 6.18 Å². The molecule has 1 atom stereocenters. The van der Waals surface area contributed by atoms with Crippen molar-refractivity contribution < 1.29 is 36.2 Å². The van der Waals surface area contributed by atoms with E-state index in [1.54, 1.807) is 30.3 Å². The van der Waals surface area contributed by atoms with Crippen LogP contribution < -0.4 is 10.6 Å². The predicted octanol–water partition coefficient (Wildman–Crippen LogP) is 5.50. The summed E-state index contributed by atoms with van der Waals surface area (Å²) in [5, 5.41) is 23.1. The van der Waals surface area contributed by atoms with E-state index in [2.05, 4.69) is 20.6 Å². The molecule has 4 rings (SSSR count). The third kappa shape index (κ3) is 6.26. The molecule has 3 aromatic rings. The second kappa shape index (κ2) is 11.5. The normalized spacial score (nSPS) is 15.5. The van der Waals surface area contributed by atoms with Crippen molar-refractivity contribution in [2.24, 2.45) is 0 Å². The fourth-order valence-corrected chi connectivity index (χ4v) is 3.73. The van der Waals surface area contributed by atoms with Gasteiger partial charge in [-0.15, -0.1) is 0 Å². The lowest BCUT2D eigenvalue weighted by Crippen LogP contribution is -2.31. The number of carbonyl (C=O) groups excluding carboxylic acids is 1. The lowest BCUT2D eigenvalue weighted by atomic mass is 9.96. The molecular weight excluding hydrogens is 540 g/mol. The van der Waals surface area contributed by atoms with Crippen molar-refractivity contribution in [3.8, 4) is 11.4 Å². The number of benzene rings is 2. The average molecular weight is 559 g/mol. The Morgan fingerprint density at radius 1 is 1.00 bits per heavy atom. The lowest BCUT2D eigenvalue weighted by Gasteiger charge is -2.21. The number of allylic oxidation sites excluding steroid dienone is 3. The van der Waals surface area contributed by atoms with Gasteiger partial charge in [-0.05, 0) is 48.1 Å². The van der Waals surface area contributed by atoms with E-state index in [1.807, 2.05) is 0 Å². The van der Waals surface area contributed by atoms with Crippen LogP contribution in [0, 0.1) is 11.2 Å². The van der Waals surface area contributed by atoms with Gasteiger partial charge in [-0.1, -0.05) is 24.3 Å². The van der Waals surface area contributed by atoms with E-state index in [1.165, 1.54) is 24.5 Å². The number of para-hydroxylation sites is 1. The maximum absolute atomic E-state index is 14.9. The highest BCUT2D eigenvalue weighted by molar-refractivity contribution is 6.11. The van der Waals surface area contributed by atoms with Gasteiger partial charge < -0.3 is 21.1 Å². The summed E-state index contributed by atoms with van der Waals surface area (Å²) in [5.41, 5.74) is -3.08. The second-order valence-corrected chi connectivity index (χ2v) is 8.35. The van der Waals surface area contributed by atoms with Gasteiger partial charge in [-0.3, -0.25) is 4.79 Å². The van der Waals surface area contributed by atoms with Gasteiger partial charge in [0.1, 0.15) is 17.7 Å². The number of anilines is 1. The summed E-state index contributed by atoms with van der Waals surface area (Å²) in [6.45, 7) is 0. The average Bonchev–Trinajstić information content (AvgIpc) is 2.92. The number of rotatable bonds is 7. The summed E-state index contributed by atoms with van der Waals surface area (Å²) in [7, 11) is 0. The van der Waals surface area contributed by atoms with Crippen LogP contribution in [0.2, 0.25) is 0 Å². The number of carbonyl (C=O) groups is 1. The number of amides is 1. The van der Waals surface area contributed by atoms with Crippen molar-refractivity contribution in [1.82, 2.24) is 15.3 Å². The fourth-order valence-electron chi connectivity index (χ4n) is 3.73. The lowest BCUT2D eigenvalue weighted by molar-refractivity contribution is -0.137. The minimum absolute atomic E-state index is 0.0404. The van der Waals surface area contributed by atoms with Crippen molar-refractivity contribution in [1.29, 1.82) is 5.41 Å². The summed E-state index contributed by atoms with van der Waals surface area (Å²) in [6.07, 6.45) is -4.61. The van der Waals surface area contributed by atoms with Crippen LogP contribution in [-0.4, -0.2) is 39.2 Å². The molecule has 1 amide bonds. The van der Waals surface area contributed by atoms with E-state index in [9.17, 15) is 36.2 Å².